The summed E-state index contributed by atoms with van der Waals surface area (Å²) in [6.45, 7) is 2.50. The molecule has 0 unspecified atom stereocenters. The number of hydrogen-bond donors (Lipinski definition) is 1. The Hall–Kier alpha value is -3.02. The molecule has 0 saturated heterocycles. The third-order valence-corrected chi connectivity index (χ3v) is 4.08. The summed E-state index contributed by atoms with van der Waals surface area (Å²) in [5, 5.41) is 3.37. The number of methoxy groups -OCH3 is 1. The number of nitrogens with one attached hydrogen (secondary N) is 1. The zero-order valence-electron chi connectivity index (χ0n) is 13.9. The van der Waals surface area contributed by atoms with Crippen LogP contribution in [-0.4, -0.2) is 22.2 Å². The smallest absolute Gasteiger partial charge is 0.272 e. The number of ether oxygens (including phenoxy) is 1. The third-order valence-electron chi connectivity index (χ3n) is 4.08. The van der Waals surface area contributed by atoms with Crippen LogP contribution < -0.4 is 15.6 Å². The fraction of sp³-hybridized carbons (Fsp3) is 0.222. The van der Waals surface area contributed by atoms with Gasteiger partial charge in [-0.1, -0.05) is 6.07 Å². The summed E-state index contributed by atoms with van der Waals surface area (Å²) < 4.78 is 8.50. The number of fused-ring (bicyclic) bond motifs is 1. The van der Waals surface area contributed by atoms with Crippen LogP contribution >= 0.6 is 0 Å². The normalized spacial score (nSPS) is 10.8. The Labute approximate surface area is 139 Å². The van der Waals surface area contributed by atoms with Crippen LogP contribution in [0.4, 0.5) is 5.69 Å². The van der Waals surface area contributed by atoms with Crippen LogP contribution in [0.25, 0.3) is 10.9 Å². The topological polar surface area (TPSA) is 65.3 Å². The first kappa shape index (κ1) is 15.9. The molecule has 0 aliphatic heterocycles. The van der Waals surface area contributed by atoms with Gasteiger partial charge in [-0.05, 0) is 31.2 Å². The second kappa shape index (κ2) is 6.23. The Morgan fingerprint density at radius 2 is 2.04 bits per heavy atom. The van der Waals surface area contributed by atoms with Gasteiger partial charge in [-0.15, -0.1) is 0 Å². The summed E-state index contributed by atoms with van der Waals surface area (Å²) >= 11 is 0. The van der Waals surface area contributed by atoms with Crippen molar-refractivity contribution in [3.63, 3.8) is 0 Å². The highest BCUT2D eigenvalue weighted by molar-refractivity contribution is 6.06. The monoisotopic (exact) mass is 325 g/mol. The van der Waals surface area contributed by atoms with Crippen LogP contribution in [0.2, 0.25) is 0 Å². The number of nitrogens with zero attached hydrogens (tertiary/aromatic N) is 2. The number of aryl methyl sites for hydroxylation is 2. The summed E-state index contributed by atoms with van der Waals surface area (Å²) in [5.41, 5.74) is 1.71. The molecular formula is C18H19N3O3. The molecule has 0 aliphatic carbocycles. The minimum Gasteiger partial charge on any atom is -0.497 e. The van der Waals surface area contributed by atoms with Crippen LogP contribution in [0.15, 0.2) is 47.4 Å². The zero-order chi connectivity index (χ0) is 17.3. The molecule has 2 aromatic heterocycles. The summed E-state index contributed by atoms with van der Waals surface area (Å²) in [7, 11) is 3.35. The van der Waals surface area contributed by atoms with Crippen molar-refractivity contribution in [1.82, 2.24) is 9.13 Å². The number of anilines is 1. The van der Waals surface area contributed by atoms with E-state index in [9.17, 15) is 9.59 Å². The first-order valence-corrected chi connectivity index (χ1v) is 7.69. The molecule has 24 heavy (non-hydrogen) atoms. The SMILES string of the molecule is CCn1ccc2c(cc(C(=O)Nc3cccc(OC)c3)n2C)c1=O. The van der Waals surface area contributed by atoms with Crippen LogP contribution in [0.5, 0.6) is 5.75 Å². The number of amides is 1. The van der Waals surface area contributed by atoms with E-state index < -0.39 is 0 Å². The highest BCUT2D eigenvalue weighted by Gasteiger charge is 2.16. The lowest BCUT2D eigenvalue weighted by Crippen LogP contribution is -2.17. The molecule has 0 fully saturated rings. The van der Waals surface area contributed by atoms with Gasteiger partial charge in [-0.25, -0.2) is 0 Å². The highest BCUT2D eigenvalue weighted by atomic mass is 16.5. The van der Waals surface area contributed by atoms with Gasteiger partial charge < -0.3 is 19.2 Å². The molecule has 0 atom stereocenters. The fourth-order valence-corrected chi connectivity index (χ4v) is 2.74. The average Bonchev–Trinajstić information content (AvgIpc) is 2.93. The lowest BCUT2D eigenvalue weighted by Gasteiger charge is -2.08. The molecule has 1 N–H and O–H groups in total. The first-order valence-electron chi connectivity index (χ1n) is 7.69. The molecule has 0 spiro atoms. The molecular weight excluding hydrogens is 306 g/mol. The predicted molar refractivity (Wildman–Crippen MR) is 93.8 cm³/mol. The van der Waals surface area contributed by atoms with E-state index in [1.807, 2.05) is 13.0 Å². The van der Waals surface area contributed by atoms with E-state index in [-0.39, 0.29) is 11.5 Å². The van der Waals surface area contributed by atoms with E-state index in [0.29, 0.717) is 29.1 Å². The van der Waals surface area contributed by atoms with Gasteiger partial charge in [-0.3, -0.25) is 9.59 Å². The number of rotatable bonds is 4. The Morgan fingerprint density at radius 1 is 1.25 bits per heavy atom. The lowest BCUT2D eigenvalue weighted by molar-refractivity contribution is 0.102. The van der Waals surface area contributed by atoms with Crippen molar-refractivity contribution in [3.05, 3.63) is 58.6 Å². The van der Waals surface area contributed by atoms with Gasteiger partial charge in [0, 0.05) is 31.5 Å². The zero-order valence-corrected chi connectivity index (χ0v) is 13.9. The largest absolute Gasteiger partial charge is 0.497 e. The van der Waals surface area contributed by atoms with Gasteiger partial charge in [-0.2, -0.15) is 0 Å². The minimum absolute atomic E-state index is 0.0916. The molecule has 1 aromatic carbocycles. The van der Waals surface area contributed by atoms with Crippen LogP contribution in [0.3, 0.4) is 0 Å². The van der Waals surface area contributed by atoms with Crippen molar-refractivity contribution >= 4 is 22.5 Å². The quantitative estimate of drug-likeness (QED) is 0.802. The standard InChI is InChI=1S/C18H19N3O3/c1-4-21-9-8-15-14(18(21)23)11-16(20(15)2)17(22)19-12-6-5-7-13(10-12)24-3/h5-11H,4H2,1-3H3,(H,19,22). The summed E-state index contributed by atoms with van der Waals surface area (Å²) in [6, 6.07) is 10.6. The second-order valence-electron chi connectivity index (χ2n) is 5.48. The molecule has 3 rings (SSSR count). The number of aromatic nitrogens is 2. The lowest BCUT2D eigenvalue weighted by atomic mass is 10.2. The van der Waals surface area contributed by atoms with Crippen molar-refractivity contribution in [2.24, 2.45) is 7.05 Å². The predicted octanol–water partition coefficient (Wildman–Crippen LogP) is 2.62. The van der Waals surface area contributed by atoms with Crippen LogP contribution in [-0.2, 0) is 13.6 Å². The van der Waals surface area contributed by atoms with Gasteiger partial charge in [0.2, 0.25) is 0 Å². The van der Waals surface area contributed by atoms with Crippen molar-refractivity contribution < 1.29 is 9.53 Å². The van der Waals surface area contributed by atoms with Gasteiger partial charge in [0.15, 0.2) is 0 Å². The summed E-state index contributed by atoms with van der Waals surface area (Å²) in [6.07, 6.45) is 1.74. The summed E-state index contributed by atoms with van der Waals surface area (Å²) in [5.74, 6) is 0.389. The van der Waals surface area contributed by atoms with Crippen molar-refractivity contribution in [2.75, 3.05) is 12.4 Å². The van der Waals surface area contributed by atoms with Gasteiger partial charge in [0.25, 0.3) is 11.5 Å². The van der Waals surface area contributed by atoms with Crippen LogP contribution in [0, 0.1) is 0 Å². The highest BCUT2D eigenvalue weighted by Crippen LogP contribution is 2.20. The third kappa shape index (κ3) is 2.67. The van der Waals surface area contributed by atoms with Gasteiger partial charge >= 0.3 is 0 Å². The van der Waals surface area contributed by atoms with Crippen molar-refractivity contribution in [2.45, 2.75) is 13.5 Å². The van der Waals surface area contributed by atoms with E-state index in [1.54, 1.807) is 59.8 Å². The van der Waals surface area contributed by atoms with E-state index >= 15 is 0 Å². The van der Waals surface area contributed by atoms with Crippen LogP contribution in [0.1, 0.15) is 17.4 Å². The molecule has 6 heteroatoms. The minimum atomic E-state index is -0.274. The Kier molecular flexibility index (Phi) is 4.12. The molecule has 1 amide bonds. The molecule has 0 aliphatic rings. The number of benzene rings is 1. The maximum Gasteiger partial charge on any atom is 0.272 e. The van der Waals surface area contributed by atoms with Crippen molar-refractivity contribution in [3.8, 4) is 5.75 Å². The average molecular weight is 325 g/mol. The van der Waals surface area contributed by atoms with Gasteiger partial charge in [0.1, 0.15) is 11.4 Å². The van der Waals surface area contributed by atoms with E-state index in [0.717, 1.165) is 5.52 Å². The Bertz CT molecular complexity index is 969. The fourth-order valence-electron chi connectivity index (χ4n) is 2.74. The number of pyridine rings is 1. The first-order chi connectivity index (χ1) is 11.5. The van der Waals surface area contributed by atoms with Gasteiger partial charge in [0.05, 0.1) is 18.0 Å². The molecule has 0 radical (unpaired) electrons. The number of carbonyl (C=O) groups excluding carboxylic acids is 1. The van der Waals surface area contributed by atoms with E-state index in [4.69, 9.17) is 4.74 Å². The molecule has 3 aromatic rings. The van der Waals surface area contributed by atoms with Crippen molar-refractivity contribution in [1.29, 1.82) is 0 Å². The molecule has 0 bridgehead atoms. The number of hydrogen-bond acceptors (Lipinski definition) is 3. The second-order valence-corrected chi connectivity index (χ2v) is 5.48. The molecule has 0 saturated carbocycles. The Morgan fingerprint density at radius 3 is 2.75 bits per heavy atom. The van der Waals surface area contributed by atoms with E-state index in [2.05, 4.69) is 5.32 Å². The Balaban J connectivity index is 1.99. The maximum atomic E-state index is 12.6. The number of carbonyl (C=O) groups is 1. The molecule has 124 valence electrons. The maximum absolute atomic E-state index is 12.6. The van der Waals surface area contributed by atoms with E-state index in [1.165, 1.54) is 0 Å². The summed E-state index contributed by atoms with van der Waals surface area (Å²) in [4.78, 5) is 25.0. The molecule has 2 heterocycles. The molecule has 6 nitrogen and oxygen atoms in total.